The average molecular weight is 236 g/mol. The summed E-state index contributed by atoms with van der Waals surface area (Å²) >= 11 is 0. The lowest BCUT2D eigenvalue weighted by molar-refractivity contribution is 0.149. The zero-order valence-corrected chi connectivity index (χ0v) is 11.0. The van der Waals surface area contributed by atoms with Crippen LogP contribution in [0.15, 0.2) is 16.7 Å². The molecular formula is C14H24N2O. The average Bonchev–Trinajstić information content (AvgIpc) is 2.77. The van der Waals surface area contributed by atoms with Gasteiger partial charge in [0, 0.05) is 18.2 Å². The third kappa shape index (κ3) is 3.33. The molecule has 1 aromatic heterocycles. The third-order valence-corrected chi connectivity index (χ3v) is 3.88. The van der Waals surface area contributed by atoms with Crippen LogP contribution in [0.3, 0.4) is 0 Å². The molecule has 0 saturated heterocycles. The Labute approximate surface area is 104 Å². The molecular weight excluding hydrogens is 212 g/mol. The van der Waals surface area contributed by atoms with E-state index in [2.05, 4.69) is 24.9 Å². The Morgan fingerprint density at radius 3 is 2.94 bits per heavy atom. The molecule has 1 aromatic rings. The molecule has 0 radical (unpaired) electrons. The first kappa shape index (κ1) is 12.7. The van der Waals surface area contributed by atoms with Crippen LogP contribution in [0.5, 0.6) is 0 Å². The SMILES string of the molecule is CC1CCCC(N(C)Cc2cc(CN)co2)C1. The van der Waals surface area contributed by atoms with Crippen molar-refractivity contribution in [2.24, 2.45) is 11.7 Å². The fourth-order valence-electron chi connectivity index (χ4n) is 2.79. The molecule has 2 N–H and O–H groups in total. The molecule has 0 aliphatic heterocycles. The van der Waals surface area contributed by atoms with Gasteiger partial charge in [-0.3, -0.25) is 4.90 Å². The van der Waals surface area contributed by atoms with Crippen LogP contribution >= 0.6 is 0 Å². The van der Waals surface area contributed by atoms with Crippen molar-refractivity contribution >= 4 is 0 Å². The highest BCUT2D eigenvalue weighted by Crippen LogP contribution is 2.27. The minimum absolute atomic E-state index is 0.563. The number of nitrogens with two attached hydrogens (primary N) is 1. The van der Waals surface area contributed by atoms with Crippen LogP contribution in [0, 0.1) is 5.92 Å². The van der Waals surface area contributed by atoms with E-state index in [1.807, 2.05) is 0 Å². The zero-order valence-electron chi connectivity index (χ0n) is 11.0. The monoisotopic (exact) mass is 236 g/mol. The summed E-state index contributed by atoms with van der Waals surface area (Å²) in [4.78, 5) is 2.43. The summed E-state index contributed by atoms with van der Waals surface area (Å²) in [6, 6.07) is 2.79. The number of nitrogens with zero attached hydrogens (tertiary/aromatic N) is 1. The lowest BCUT2D eigenvalue weighted by Gasteiger charge is -2.33. The van der Waals surface area contributed by atoms with Crippen LogP contribution in [0.4, 0.5) is 0 Å². The maximum Gasteiger partial charge on any atom is 0.118 e. The van der Waals surface area contributed by atoms with Gasteiger partial charge in [0.05, 0.1) is 12.8 Å². The van der Waals surface area contributed by atoms with Gasteiger partial charge in [0.2, 0.25) is 0 Å². The van der Waals surface area contributed by atoms with Crippen molar-refractivity contribution in [3.8, 4) is 0 Å². The number of hydrogen-bond acceptors (Lipinski definition) is 3. The molecule has 1 aliphatic rings. The van der Waals surface area contributed by atoms with E-state index in [-0.39, 0.29) is 0 Å². The van der Waals surface area contributed by atoms with E-state index < -0.39 is 0 Å². The van der Waals surface area contributed by atoms with Gasteiger partial charge in [-0.15, -0.1) is 0 Å². The smallest absolute Gasteiger partial charge is 0.118 e. The maximum absolute atomic E-state index is 5.58. The van der Waals surface area contributed by atoms with Crippen LogP contribution in [0.25, 0.3) is 0 Å². The van der Waals surface area contributed by atoms with Crippen LogP contribution in [-0.4, -0.2) is 18.0 Å². The topological polar surface area (TPSA) is 42.4 Å². The Balaban J connectivity index is 1.89. The van der Waals surface area contributed by atoms with Crippen molar-refractivity contribution in [2.45, 2.75) is 51.7 Å². The van der Waals surface area contributed by atoms with E-state index >= 15 is 0 Å². The van der Waals surface area contributed by atoms with Gasteiger partial charge in [-0.2, -0.15) is 0 Å². The normalized spacial score (nSPS) is 25.4. The van der Waals surface area contributed by atoms with Gasteiger partial charge in [0.1, 0.15) is 5.76 Å². The zero-order chi connectivity index (χ0) is 12.3. The second-order valence-corrected chi connectivity index (χ2v) is 5.47. The van der Waals surface area contributed by atoms with Crippen molar-refractivity contribution < 1.29 is 4.42 Å². The molecule has 2 unspecified atom stereocenters. The lowest BCUT2D eigenvalue weighted by atomic mass is 9.86. The predicted molar refractivity (Wildman–Crippen MR) is 69.5 cm³/mol. The van der Waals surface area contributed by atoms with E-state index in [9.17, 15) is 0 Å². The molecule has 3 heteroatoms. The summed E-state index contributed by atoms with van der Waals surface area (Å²) in [6.45, 7) is 3.82. The summed E-state index contributed by atoms with van der Waals surface area (Å²) < 4.78 is 5.52. The molecule has 1 saturated carbocycles. The molecule has 96 valence electrons. The first-order valence-electron chi connectivity index (χ1n) is 6.65. The molecule has 2 rings (SSSR count). The predicted octanol–water partition coefficient (Wildman–Crippen LogP) is 2.75. The van der Waals surface area contributed by atoms with E-state index in [1.165, 1.54) is 25.7 Å². The van der Waals surface area contributed by atoms with Crippen LogP contribution in [0.1, 0.15) is 43.9 Å². The van der Waals surface area contributed by atoms with Crippen LogP contribution < -0.4 is 5.73 Å². The standard InChI is InChI=1S/C14H24N2O/c1-11-4-3-5-13(6-11)16(2)9-14-7-12(8-15)10-17-14/h7,10-11,13H,3-6,8-9,15H2,1-2H3. The van der Waals surface area contributed by atoms with E-state index in [1.54, 1.807) is 6.26 Å². The minimum atomic E-state index is 0.563. The van der Waals surface area contributed by atoms with E-state index in [0.717, 1.165) is 23.8 Å². The number of rotatable bonds is 4. The van der Waals surface area contributed by atoms with E-state index in [4.69, 9.17) is 10.2 Å². The highest BCUT2D eigenvalue weighted by Gasteiger charge is 2.22. The molecule has 0 aromatic carbocycles. The van der Waals surface area contributed by atoms with Crippen molar-refractivity contribution in [3.05, 3.63) is 23.7 Å². The Morgan fingerprint density at radius 1 is 1.47 bits per heavy atom. The molecule has 17 heavy (non-hydrogen) atoms. The Bertz CT molecular complexity index is 348. The van der Waals surface area contributed by atoms with Crippen LogP contribution in [-0.2, 0) is 13.1 Å². The Morgan fingerprint density at radius 2 is 2.29 bits per heavy atom. The molecule has 2 atom stereocenters. The second-order valence-electron chi connectivity index (χ2n) is 5.47. The quantitative estimate of drug-likeness (QED) is 0.874. The summed E-state index contributed by atoms with van der Waals surface area (Å²) in [6.07, 6.45) is 7.17. The van der Waals surface area contributed by atoms with Gasteiger partial charge in [-0.05, 0) is 31.9 Å². The number of furan rings is 1. The second kappa shape index (κ2) is 5.69. The molecule has 0 bridgehead atoms. The van der Waals surface area contributed by atoms with Crippen LogP contribution in [0.2, 0.25) is 0 Å². The van der Waals surface area contributed by atoms with Crippen molar-refractivity contribution in [1.82, 2.24) is 4.90 Å². The summed E-state index contributed by atoms with van der Waals surface area (Å²) in [7, 11) is 2.20. The molecule has 1 aliphatic carbocycles. The first-order valence-corrected chi connectivity index (χ1v) is 6.65. The first-order chi connectivity index (χ1) is 8.19. The maximum atomic E-state index is 5.58. The van der Waals surface area contributed by atoms with Gasteiger partial charge >= 0.3 is 0 Å². The summed E-state index contributed by atoms with van der Waals surface area (Å²) in [5, 5.41) is 0. The molecule has 0 amide bonds. The molecule has 0 spiro atoms. The molecule has 1 heterocycles. The summed E-state index contributed by atoms with van der Waals surface area (Å²) in [5.41, 5.74) is 6.67. The molecule has 1 fully saturated rings. The lowest BCUT2D eigenvalue weighted by Crippen LogP contribution is -2.34. The van der Waals surface area contributed by atoms with Crippen molar-refractivity contribution in [1.29, 1.82) is 0 Å². The Hall–Kier alpha value is -0.800. The van der Waals surface area contributed by atoms with Crippen molar-refractivity contribution in [2.75, 3.05) is 7.05 Å². The summed E-state index contributed by atoms with van der Waals surface area (Å²) in [5.74, 6) is 1.90. The van der Waals surface area contributed by atoms with Gasteiger partial charge in [-0.25, -0.2) is 0 Å². The fourth-order valence-corrected chi connectivity index (χ4v) is 2.79. The minimum Gasteiger partial charge on any atom is -0.468 e. The van der Waals surface area contributed by atoms with Gasteiger partial charge in [0.15, 0.2) is 0 Å². The van der Waals surface area contributed by atoms with Gasteiger partial charge < -0.3 is 10.2 Å². The highest BCUT2D eigenvalue weighted by atomic mass is 16.3. The fraction of sp³-hybridized carbons (Fsp3) is 0.714. The largest absolute Gasteiger partial charge is 0.468 e. The number of hydrogen-bond donors (Lipinski definition) is 1. The molecule has 3 nitrogen and oxygen atoms in total. The van der Waals surface area contributed by atoms with E-state index in [0.29, 0.717) is 12.6 Å². The van der Waals surface area contributed by atoms with Gasteiger partial charge in [-0.1, -0.05) is 19.8 Å². The highest BCUT2D eigenvalue weighted by molar-refractivity contribution is 5.12. The Kier molecular flexibility index (Phi) is 4.24. The van der Waals surface area contributed by atoms with Crippen molar-refractivity contribution in [3.63, 3.8) is 0 Å². The third-order valence-electron chi connectivity index (χ3n) is 3.88. The van der Waals surface area contributed by atoms with Gasteiger partial charge in [0.25, 0.3) is 0 Å².